The van der Waals surface area contributed by atoms with Crippen LogP contribution in [0.25, 0.3) is 0 Å². The van der Waals surface area contributed by atoms with Gasteiger partial charge in [0, 0.05) is 25.3 Å². The van der Waals surface area contributed by atoms with Gasteiger partial charge in [0.15, 0.2) is 0 Å². The molecule has 1 N–H and O–H groups in total. The molecular weight excluding hydrogens is 226 g/mol. The molecule has 16 heavy (non-hydrogen) atoms. The zero-order valence-corrected chi connectivity index (χ0v) is 10.1. The summed E-state index contributed by atoms with van der Waals surface area (Å²) >= 11 is 5.78. The first-order valence-corrected chi connectivity index (χ1v) is 6.00. The molecule has 2 rings (SSSR count). The van der Waals surface area contributed by atoms with Crippen molar-refractivity contribution in [3.63, 3.8) is 0 Å². The highest BCUT2D eigenvalue weighted by molar-refractivity contribution is 6.30. The number of nitrogens with zero attached hydrogens (tertiary/aromatic N) is 2. The number of nitrogens with one attached hydrogen (secondary N) is 1. The quantitative estimate of drug-likeness (QED) is 0.845. The molecule has 1 atom stereocenters. The molecule has 0 bridgehead atoms. The summed E-state index contributed by atoms with van der Waals surface area (Å²) in [6.07, 6.45) is 5.65. The molecule has 1 aromatic rings. The van der Waals surface area contributed by atoms with Crippen molar-refractivity contribution < 1.29 is 0 Å². The lowest BCUT2D eigenvalue weighted by Crippen LogP contribution is -2.33. The van der Waals surface area contributed by atoms with Crippen molar-refractivity contribution in [2.24, 2.45) is 5.92 Å². The van der Waals surface area contributed by atoms with Gasteiger partial charge in [0.2, 0.25) is 0 Å². The van der Waals surface area contributed by atoms with E-state index in [-0.39, 0.29) is 5.69 Å². The zero-order valence-electron chi connectivity index (χ0n) is 9.32. The van der Waals surface area contributed by atoms with Crippen molar-refractivity contribution >= 4 is 11.6 Å². The Bertz CT molecular complexity index is 414. The Morgan fingerprint density at radius 2 is 2.44 bits per heavy atom. The highest BCUT2D eigenvalue weighted by atomic mass is 35.5. The molecule has 1 saturated carbocycles. The molecule has 0 saturated heterocycles. The Kier molecular flexibility index (Phi) is 3.61. The highest BCUT2D eigenvalue weighted by Crippen LogP contribution is 2.32. The molecule has 1 heterocycles. The second-order valence-corrected chi connectivity index (χ2v) is 4.76. The van der Waals surface area contributed by atoms with Gasteiger partial charge in [-0.05, 0) is 25.7 Å². The average molecular weight is 242 g/mol. The van der Waals surface area contributed by atoms with Gasteiger partial charge in [0.05, 0.1) is 11.2 Å². The van der Waals surface area contributed by atoms with Crippen molar-refractivity contribution in [3.8, 4) is 0 Å². The summed E-state index contributed by atoms with van der Waals surface area (Å²) in [7, 11) is 0. The Hall–Kier alpha value is -0.870. The van der Waals surface area contributed by atoms with E-state index in [1.54, 1.807) is 6.20 Å². The number of rotatable bonds is 5. The third-order valence-electron chi connectivity index (χ3n) is 2.97. The first-order chi connectivity index (χ1) is 7.66. The first-order valence-electron chi connectivity index (χ1n) is 5.62. The number of hydrogen-bond donors (Lipinski definition) is 1. The maximum atomic E-state index is 11.4. The van der Waals surface area contributed by atoms with Crippen molar-refractivity contribution in [2.45, 2.75) is 32.4 Å². The fourth-order valence-electron chi connectivity index (χ4n) is 1.76. The smallest absolute Gasteiger partial charge is 0.312 e. The molecular formula is C11H16ClN3O. The summed E-state index contributed by atoms with van der Waals surface area (Å²) in [6, 6.07) is 0.544. The van der Waals surface area contributed by atoms with Crippen LogP contribution in [0.5, 0.6) is 0 Å². The minimum atomic E-state index is -0.245. The van der Waals surface area contributed by atoms with Crippen LogP contribution in [0.4, 0.5) is 0 Å². The van der Waals surface area contributed by atoms with Gasteiger partial charge >= 0.3 is 5.69 Å². The van der Waals surface area contributed by atoms with Crippen LogP contribution in [0.2, 0.25) is 5.02 Å². The monoisotopic (exact) mass is 241 g/mol. The lowest BCUT2D eigenvalue weighted by molar-refractivity contribution is 0.470. The Labute approximate surface area is 99.6 Å². The lowest BCUT2D eigenvalue weighted by atomic mass is 10.2. The number of aromatic nitrogens is 2. The van der Waals surface area contributed by atoms with Crippen LogP contribution in [-0.4, -0.2) is 22.1 Å². The van der Waals surface area contributed by atoms with Crippen LogP contribution in [0.3, 0.4) is 0 Å². The summed E-state index contributed by atoms with van der Waals surface area (Å²) < 4.78 is 1.54. The molecule has 1 fully saturated rings. The van der Waals surface area contributed by atoms with Crippen molar-refractivity contribution in [1.82, 2.24) is 14.9 Å². The topological polar surface area (TPSA) is 46.9 Å². The van der Waals surface area contributed by atoms with E-state index in [1.807, 2.05) is 0 Å². The highest BCUT2D eigenvalue weighted by Gasteiger charge is 2.27. The molecule has 88 valence electrons. The standard InChI is InChI=1S/C11H16ClN3O/c1-8(9-2-3-9)13-4-5-15-7-10(12)6-14-11(15)16/h6-9,13H,2-5H2,1H3. The second kappa shape index (κ2) is 4.97. The maximum Gasteiger partial charge on any atom is 0.347 e. The maximum absolute atomic E-state index is 11.4. The second-order valence-electron chi connectivity index (χ2n) is 4.33. The Morgan fingerprint density at radius 3 is 3.12 bits per heavy atom. The molecule has 1 aromatic heterocycles. The molecule has 0 amide bonds. The van der Waals surface area contributed by atoms with Crippen LogP contribution >= 0.6 is 11.6 Å². The molecule has 1 aliphatic rings. The number of halogens is 1. The van der Waals surface area contributed by atoms with Gasteiger partial charge in [-0.25, -0.2) is 9.78 Å². The van der Waals surface area contributed by atoms with Crippen LogP contribution in [-0.2, 0) is 6.54 Å². The molecule has 0 aromatic carbocycles. The lowest BCUT2D eigenvalue weighted by Gasteiger charge is -2.13. The molecule has 1 unspecified atom stereocenters. The molecule has 5 heteroatoms. The summed E-state index contributed by atoms with van der Waals surface area (Å²) in [4.78, 5) is 15.0. The van der Waals surface area contributed by atoms with Crippen molar-refractivity contribution in [3.05, 3.63) is 27.9 Å². The number of hydrogen-bond acceptors (Lipinski definition) is 3. The van der Waals surface area contributed by atoms with Crippen LogP contribution < -0.4 is 11.0 Å². The fourth-order valence-corrected chi connectivity index (χ4v) is 1.93. The van der Waals surface area contributed by atoms with Gasteiger partial charge in [-0.15, -0.1) is 0 Å². The first kappa shape index (κ1) is 11.6. The Morgan fingerprint density at radius 1 is 1.69 bits per heavy atom. The van der Waals surface area contributed by atoms with Crippen molar-refractivity contribution in [2.75, 3.05) is 6.54 Å². The predicted molar refractivity (Wildman–Crippen MR) is 63.7 cm³/mol. The van der Waals surface area contributed by atoms with Gasteiger partial charge in [0.1, 0.15) is 0 Å². The van der Waals surface area contributed by atoms with Gasteiger partial charge in [-0.1, -0.05) is 11.6 Å². The zero-order chi connectivity index (χ0) is 11.5. The van der Waals surface area contributed by atoms with Crippen LogP contribution in [0.15, 0.2) is 17.2 Å². The SMILES string of the molecule is CC(NCCn1cc(Cl)cnc1=O)C1CC1. The van der Waals surface area contributed by atoms with E-state index >= 15 is 0 Å². The van der Waals surface area contributed by atoms with E-state index in [9.17, 15) is 4.79 Å². The van der Waals surface area contributed by atoms with E-state index < -0.39 is 0 Å². The molecule has 0 aliphatic heterocycles. The predicted octanol–water partition coefficient (Wildman–Crippen LogP) is 1.28. The fraction of sp³-hybridized carbons (Fsp3) is 0.636. The molecule has 0 spiro atoms. The van der Waals surface area contributed by atoms with Gasteiger partial charge in [-0.2, -0.15) is 0 Å². The van der Waals surface area contributed by atoms with Gasteiger partial charge in [0.25, 0.3) is 0 Å². The third-order valence-corrected chi connectivity index (χ3v) is 3.17. The van der Waals surface area contributed by atoms with Crippen LogP contribution in [0.1, 0.15) is 19.8 Å². The van der Waals surface area contributed by atoms with E-state index in [1.165, 1.54) is 23.6 Å². The molecule has 0 radical (unpaired) electrons. The minimum absolute atomic E-state index is 0.245. The summed E-state index contributed by atoms with van der Waals surface area (Å²) in [5.74, 6) is 0.828. The van der Waals surface area contributed by atoms with E-state index in [0.717, 1.165) is 12.5 Å². The van der Waals surface area contributed by atoms with Crippen LogP contribution in [0, 0.1) is 5.92 Å². The average Bonchev–Trinajstić information content (AvgIpc) is 3.06. The molecule has 4 nitrogen and oxygen atoms in total. The Balaban J connectivity index is 1.84. The molecule has 1 aliphatic carbocycles. The summed E-state index contributed by atoms with van der Waals surface area (Å²) in [5, 5.41) is 3.90. The largest absolute Gasteiger partial charge is 0.347 e. The van der Waals surface area contributed by atoms with Gasteiger partial charge in [-0.3, -0.25) is 4.57 Å². The third kappa shape index (κ3) is 3.06. The van der Waals surface area contributed by atoms with Gasteiger partial charge < -0.3 is 5.32 Å². The normalized spacial score (nSPS) is 17.4. The van der Waals surface area contributed by atoms with Crippen molar-refractivity contribution in [1.29, 1.82) is 0 Å². The summed E-state index contributed by atoms with van der Waals surface area (Å²) in [6.45, 7) is 3.58. The van der Waals surface area contributed by atoms with E-state index in [0.29, 0.717) is 17.6 Å². The summed E-state index contributed by atoms with van der Waals surface area (Å²) in [5.41, 5.74) is -0.245. The van der Waals surface area contributed by atoms with E-state index in [2.05, 4.69) is 17.2 Å². The minimum Gasteiger partial charge on any atom is -0.312 e. The van der Waals surface area contributed by atoms with E-state index in [4.69, 9.17) is 11.6 Å².